The fourth-order valence-electron chi connectivity index (χ4n) is 9.31. The molecule has 0 aliphatic carbocycles. The van der Waals surface area contributed by atoms with Gasteiger partial charge in [-0.15, -0.1) is 0 Å². The number of hydrogen-bond acceptors (Lipinski definition) is 10. The maximum Gasteiger partial charge on any atom is 0.306 e. The Labute approximate surface area is 452 Å². The number of allylic oxidation sites excluding steroid dienone is 9. The average Bonchev–Trinajstić information content (AvgIpc) is 3.40. The van der Waals surface area contributed by atoms with Gasteiger partial charge in [0.05, 0.1) is 25.4 Å². The van der Waals surface area contributed by atoms with Crippen LogP contribution in [0.15, 0.2) is 60.8 Å². The predicted molar refractivity (Wildman–Crippen MR) is 306 cm³/mol. The molecule has 1 fully saturated rings. The highest BCUT2D eigenvalue weighted by Gasteiger charge is 2.47. The first-order valence-electron chi connectivity index (χ1n) is 30.6. The van der Waals surface area contributed by atoms with Crippen molar-refractivity contribution in [3.63, 3.8) is 0 Å². The lowest BCUT2D eigenvalue weighted by Crippen LogP contribution is -2.61. The van der Waals surface area contributed by atoms with Crippen molar-refractivity contribution < 1.29 is 49.3 Å². The first-order valence-corrected chi connectivity index (χ1v) is 30.6. The van der Waals surface area contributed by atoms with Crippen LogP contribution in [0.25, 0.3) is 0 Å². The standard InChI is InChI=1S/C63H113NO10/c1-4-7-10-13-16-19-22-25-26-27-28-29-30-33-36-39-42-45-48-51-58(68)74-61-60(70)59(69)57(52-65)73-63(61)72-53-54(55(66)49-46-43-40-37-34-31-23-20-17-14-11-8-5-2)64-62(71)56(67)50-47-44-41-38-35-32-24-21-18-15-12-9-6-3/h9,12,16,18-19,21,25-26,46,49,54-57,59-61,63,65-67,69-70H,4-8,10-11,13-15,17,20,22-24,27-45,47-48,50-53H2,1-3H3,(H,64,71)/b12-9+,19-16-,21-18+,26-25-,49-46+. The van der Waals surface area contributed by atoms with E-state index in [-0.39, 0.29) is 19.4 Å². The van der Waals surface area contributed by atoms with Crippen molar-refractivity contribution in [1.29, 1.82) is 0 Å². The Kier molecular flexibility index (Phi) is 47.9. The molecule has 1 rings (SSSR count). The van der Waals surface area contributed by atoms with Crippen LogP contribution in [0.5, 0.6) is 0 Å². The lowest BCUT2D eigenvalue weighted by molar-refractivity contribution is -0.305. The van der Waals surface area contributed by atoms with Crippen molar-refractivity contribution in [2.24, 2.45) is 0 Å². The third-order valence-corrected chi connectivity index (χ3v) is 14.2. The lowest BCUT2D eigenvalue weighted by atomic mass is 9.99. The highest BCUT2D eigenvalue weighted by molar-refractivity contribution is 5.80. The quantitative estimate of drug-likeness (QED) is 0.0195. The third-order valence-electron chi connectivity index (χ3n) is 14.2. The molecule has 0 aromatic carbocycles. The fraction of sp³-hybridized carbons (Fsp3) is 0.810. The number of aliphatic hydroxyl groups is 5. The van der Waals surface area contributed by atoms with Crippen LogP contribution in [-0.2, 0) is 23.8 Å². The number of rotatable bonds is 51. The largest absolute Gasteiger partial charge is 0.454 e. The van der Waals surface area contributed by atoms with E-state index in [4.69, 9.17) is 14.2 Å². The molecule has 0 saturated carbocycles. The number of nitrogens with one attached hydrogen (secondary N) is 1. The summed E-state index contributed by atoms with van der Waals surface area (Å²) in [5.74, 6) is -1.21. The Morgan fingerprint density at radius 3 is 1.47 bits per heavy atom. The first-order chi connectivity index (χ1) is 36.2. The Morgan fingerprint density at radius 2 is 0.973 bits per heavy atom. The van der Waals surface area contributed by atoms with Gasteiger partial charge >= 0.3 is 5.97 Å². The molecule has 11 nitrogen and oxygen atoms in total. The van der Waals surface area contributed by atoms with Crippen molar-refractivity contribution in [3.8, 4) is 0 Å². The predicted octanol–water partition coefficient (Wildman–Crippen LogP) is 14.2. The number of carbonyl (C=O) groups is 2. The Bertz CT molecular complexity index is 1430. The van der Waals surface area contributed by atoms with E-state index in [0.717, 1.165) is 103 Å². The van der Waals surface area contributed by atoms with Gasteiger partial charge < -0.3 is 45.1 Å². The fourth-order valence-corrected chi connectivity index (χ4v) is 9.31. The van der Waals surface area contributed by atoms with Crippen molar-refractivity contribution in [2.75, 3.05) is 13.2 Å². The Hall–Kier alpha value is -2.64. The van der Waals surface area contributed by atoms with E-state index < -0.39 is 67.4 Å². The molecule has 11 heteroatoms. The minimum absolute atomic E-state index is 0.117. The van der Waals surface area contributed by atoms with Gasteiger partial charge in [-0.1, -0.05) is 236 Å². The van der Waals surface area contributed by atoms with E-state index in [1.807, 2.05) is 6.08 Å². The van der Waals surface area contributed by atoms with Crippen molar-refractivity contribution >= 4 is 11.9 Å². The van der Waals surface area contributed by atoms with Crippen LogP contribution in [0.2, 0.25) is 0 Å². The zero-order valence-corrected chi connectivity index (χ0v) is 47.5. The number of carbonyl (C=O) groups excluding carboxylic acids is 2. The molecule has 0 radical (unpaired) electrons. The van der Waals surface area contributed by atoms with Crippen LogP contribution in [0.3, 0.4) is 0 Å². The van der Waals surface area contributed by atoms with Gasteiger partial charge in [-0.05, 0) is 83.5 Å². The van der Waals surface area contributed by atoms with Gasteiger partial charge in [0, 0.05) is 6.42 Å². The summed E-state index contributed by atoms with van der Waals surface area (Å²) in [5, 5.41) is 56.9. The summed E-state index contributed by atoms with van der Waals surface area (Å²) in [6.07, 6.45) is 52.5. The second kappa shape index (κ2) is 51.1. The zero-order valence-electron chi connectivity index (χ0n) is 47.5. The molecule has 74 heavy (non-hydrogen) atoms. The van der Waals surface area contributed by atoms with Gasteiger partial charge in [0.2, 0.25) is 5.91 Å². The van der Waals surface area contributed by atoms with Gasteiger partial charge in [0.1, 0.15) is 24.4 Å². The van der Waals surface area contributed by atoms with Gasteiger partial charge in [-0.25, -0.2) is 0 Å². The molecule has 0 aromatic heterocycles. The zero-order chi connectivity index (χ0) is 54.0. The summed E-state index contributed by atoms with van der Waals surface area (Å²) in [6, 6.07) is -1.03. The number of amides is 1. The molecule has 1 aliphatic heterocycles. The van der Waals surface area contributed by atoms with E-state index in [9.17, 15) is 35.1 Å². The Balaban J connectivity index is 2.69. The van der Waals surface area contributed by atoms with Crippen LogP contribution in [0.4, 0.5) is 0 Å². The second-order valence-corrected chi connectivity index (χ2v) is 21.0. The molecule has 1 heterocycles. The minimum atomic E-state index is -1.62. The lowest BCUT2D eigenvalue weighted by Gasteiger charge is -2.41. The van der Waals surface area contributed by atoms with Gasteiger partial charge in [0.25, 0.3) is 0 Å². The van der Waals surface area contributed by atoms with Crippen molar-refractivity contribution in [1.82, 2.24) is 5.32 Å². The molecular formula is C63H113NO10. The first kappa shape index (κ1) is 69.4. The van der Waals surface area contributed by atoms with Gasteiger partial charge in [-0.2, -0.15) is 0 Å². The summed E-state index contributed by atoms with van der Waals surface area (Å²) in [6.45, 7) is 5.65. The number of aliphatic hydroxyl groups excluding tert-OH is 5. The number of hydrogen-bond donors (Lipinski definition) is 6. The number of unbranched alkanes of at least 4 members (excludes halogenated alkanes) is 29. The smallest absolute Gasteiger partial charge is 0.306 e. The maximum absolute atomic E-state index is 13.4. The highest BCUT2D eigenvalue weighted by Crippen LogP contribution is 2.26. The normalized spacial score (nSPS) is 19.7. The topological polar surface area (TPSA) is 175 Å². The summed E-state index contributed by atoms with van der Waals surface area (Å²) < 4.78 is 17.6. The minimum Gasteiger partial charge on any atom is -0.454 e. The van der Waals surface area contributed by atoms with E-state index in [2.05, 4.69) is 74.7 Å². The second-order valence-electron chi connectivity index (χ2n) is 21.0. The molecule has 8 atom stereocenters. The molecule has 0 bridgehead atoms. The summed E-state index contributed by atoms with van der Waals surface area (Å²) in [4.78, 5) is 26.5. The monoisotopic (exact) mass is 1040 g/mol. The van der Waals surface area contributed by atoms with Gasteiger partial charge in [0.15, 0.2) is 12.4 Å². The molecule has 8 unspecified atom stereocenters. The molecule has 1 aliphatic rings. The summed E-state index contributed by atoms with van der Waals surface area (Å²) in [7, 11) is 0. The molecule has 430 valence electrons. The highest BCUT2D eigenvalue weighted by atomic mass is 16.7. The summed E-state index contributed by atoms with van der Waals surface area (Å²) >= 11 is 0. The number of ether oxygens (including phenoxy) is 3. The van der Waals surface area contributed by atoms with Crippen molar-refractivity contribution in [3.05, 3.63) is 60.8 Å². The van der Waals surface area contributed by atoms with E-state index in [1.54, 1.807) is 6.08 Å². The molecule has 0 aromatic rings. The third kappa shape index (κ3) is 38.8. The molecule has 6 N–H and O–H groups in total. The molecule has 0 spiro atoms. The molecular weight excluding hydrogens is 931 g/mol. The van der Waals surface area contributed by atoms with Crippen molar-refractivity contribution in [2.45, 2.75) is 314 Å². The van der Waals surface area contributed by atoms with Crippen LogP contribution in [0.1, 0.15) is 265 Å². The molecule has 1 amide bonds. The van der Waals surface area contributed by atoms with E-state index in [1.165, 1.54) is 116 Å². The SMILES string of the molecule is CC/C=C/C/C=C/CCCCCCCCC(O)C(=O)NC(COC1OC(CO)C(O)C(O)C1OC(=O)CCCCCCCCCCC/C=C\C/C=C\CCCCC)C(O)/C=C/CCCCCCCCCCCCC. The maximum atomic E-state index is 13.4. The van der Waals surface area contributed by atoms with E-state index >= 15 is 0 Å². The van der Waals surface area contributed by atoms with Crippen LogP contribution >= 0.6 is 0 Å². The van der Waals surface area contributed by atoms with Crippen LogP contribution in [-0.4, -0.2) is 99.6 Å². The van der Waals surface area contributed by atoms with E-state index in [0.29, 0.717) is 12.8 Å². The Morgan fingerprint density at radius 1 is 0.541 bits per heavy atom. The number of esters is 1. The van der Waals surface area contributed by atoms with Crippen LogP contribution in [0, 0.1) is 0 Å². The molecule has 1 saturated heterocycles. The van der Waals surface area contributed by atoms with Gasteiger partial charge in [-0.3, -0.25) is 9.59 Å². The average molecular weight is 1040 g/mol. The summed E-state index contributed by atoms with van der Waals surface area (Å²) in [5.41, 5.74) is 0. The van der Waals surface area contributed by atoms with Crippen LogP contribution < -0.4 is 5.32 Å².